The van der Waals surface area contributed by atoms with Gasteiger partial charge in [-0.2, -0.15) is 0 Å². The van der Waals surface area contributed by atoms with Crippen LogP contribution in [0.25, 0.3) is 0 Å². The van der Waals surface area contributed by atoms with E-state index in [0.29, 0.717) is 39.0 Å². The van der Waals surface area contributed by atoms with E-state index in [4.69, 9.17) is 4.74 Å². The molecule has 0 unspecified atom stereocenters. The van der Waals surface area contributed by atoms with Crippen LogP contribution in [0, 0.1) is 19.8 Å². The van der Waals surface area contributed by atoms with Crippen LogP contribution >= 0.6 is 0 Å². The first kappa shape index (κ1) is 19.9. The average molecular weight is 380 g/mol. The third-order valence-corrected chi connectivity index (χ3v) is 5.32. The van der Waals surface area contributed by atoms with Crippen LogP contribution in [0.1, 0.15) is 30.4 Å². The Morgan fingerprint density at radius 3 is 2.43 bits per heavy atom. The normalized spacial score (nSPS) is 14.6. The molecule has 0 aromatic heterocycles. The molecule has 2 aromatic rings. The molecule has 1 aliphatic heterocycles. The Balaban J connectivity index is 1.41. The van der Waals surface area contributed by atoms with Crippen molar-refractivity contribution in [3.63, 3.8) is 0 Å². The predicted molar refractivity (Wildman–Crippen MR) is 110 cm³/mol. The van der Waals surface area contributed by atoms with E-state index in [1.54, 1.807) is 0 Å². The molecule has 1 N–H and O–H groups in total. The van der Waals surface area contributed by atoms with Gasteiger partial charge in [0.1, 0.15) is 5.75 Å². The highest BCUT2D eigenvalue weighted by Crippen LogP contribution is 2.21. The summed E-state index contributed by atoms with van der Waals surface area (Å²) in [7, 11) is 0. The lowest BCUT2D eigenvalue weighted by Crippen LogP contribution is -2.41. The molecule has 3 rings (SSSR count). The quantitative estimate of drug-likeness (QED) is 0.825. The van der Waals surface area contributed by atoms with Gasteiger partial charge in [0.15, 0.2) is 0 Å². The Hall–Kier alpha value is -2.82. The van der Waals surface area contributed by atoms with Crippen LogP contribution in [0.3, 0.4) is 0 Å². The van der Waals surface area contributed by atoms with Gasteiger partial charge in [0.05, 0.1) is 13.0 Å². The van der Waals surface area contributed by atoms with Gasteiger partial charge in [-0.05, 0) is 62.1 Å². The molecule has 2 amide bonds. The lowest BCUT2D eigenvalue weighted by Gasteiger charge is -2.31. The fourth-order valence-corrected chi connectivity index (χ4v) is 3.39. The highest BCUT2D eigenvalue weighted by molar-refractivity contribution is 5.92. The molecule has 148 valence electrons. The number of amides is 2. The molecule has 0 saturated carbocycles. The number of hydrogen-bond acceptors (Lipinski definition) is 3. The van der Waals surface area contributed by atoms with E-state index in [1.165, 1.54) is 5.56 Å². The van der Waals surface area contributed by atoms with Gasteiger partial charge >= 0.3 is 0 Å². The number of para-hydroxylation sites is 1. The second kappa shape index (κ2) is 9.40. The largest absolute Gasteiger partial charge is 0.493 e. The molecular formula is C23H28N2O3. The van der Waals surface area contributed by atoms with Crippen LogP contribution in [-0.4, -0.2) is 36.4 Å². The molecular weight excluding hydrogens is 352 g/mol. The fourth-order valence-electron chi connectivity index (χ4n) is 3.39. The molecule has 0 aliphatic carbocycles. The van der Waals surface area contributed by atoms with Crippen molar-refractivity contribution in [1.82, 2.24) is 4.90 Å². The van der Waals surface area contributed by atoms with Gasteiger partial charge in [-0.1, -0.05) is 24.3 Å². The van der Waals surface area contributed by atoms with Crippen LogP contribution in [0.5, 0.6) is 5.75 Å². The zero-order valence-corrected chi connectivity index (χ0v) is 16.6. The average Bonchev–Trinajstić information content (AvgIpc) is 2.71. The summed E-state index contributed by atoms with van der Waals surface area (Å²) >= 11 is 0. The smallest absolute Gasteiger partial charge is 0.227 e. The summed E-state index contributed by atoms with van der Waals surface area (Å²) in [5.41, 5.74) is 3.21. The monoisotopic (exact) mass is 380 g/mol. The van der Waals surface area contributed by atoms with Crippen molar-refractivity contribution in [2.24, 2.45) is 5.92 Å². The van der Waals surface area contributed by atoms with Crippen LogP contribution in [0.4, 0.5) is 5.69 Å². The van der Waals surface area contributed by atoms with E-state index in [-0.39, 0.29) is 17.7 Å². The zero-order valence-electron chi connectivity index (χ0n) is 16.6. The first-order chi connectivity index (χ1) is 13.5. The summed E-state index contributed by atoms with van der Waals surface area (Å²) in [4.78, 5) is 26.7. The lowest BCUT2D eigenvalue weighted by molar-refractivity contribution is -0.135. The Kier molecular flexibility index (Phi) is 6.69. The number of nitrogens with zero attached hydrogens (tertiary/aromatic N) is 1. The van der Waals surface area contributed by atoms with E-state index in [1.807, 2.05) is 60.4 Å². The van der Waals surface area contributed by atoms with Crippen molar-refractivity contribution in [3.8, 4) is 5.75 Å². The van der Waals surface area contributed by atoms with E-state index < -0.39 is 0 Å². The second-order valence-corrected chi connectivity index (χ2v) is 7.35. The van der Waals surface area contributed by atoms with E-state index in [9.17, 15) is 9.59 Å². The maximum Gasteiger partial charge on any atom is 0.227 e. The molecule has 0 atom stereocenters. The van der Waals surface area contributed by atoms with Gasteiger partial charge in [-0.3, -0.25) is 9.59 Å². The minimum absolute atomic E-state index is 0.0442. The Labute approximate surface area is 166 Å². The zero-order chi connectivity index (χ0) is 19.9. The summed E-state index contributed by atoms with van der Waals surface area (Å²) in [6.07, 6.45) is 1.75. The van der Waals surface area contributed by atoms with Crippen molar-refractivity contribution >= 4 is 17.5 Å². The van der Waals surface area contributed by atoms with E-state index in [0.717, 1.165) is 17.0 Å². The summed E-state index contributed by atoms with van der Waals surface area (Å²) in [5.74, 6) is 0.856. The minimum Gasteiger partial charge on any atom is -0.493 e. The third kappa shape index (κ3) is 5.35. The van der Waals surface area contributed by atoms with Crippen LogP contribution in [0.15, 0.2) is 48.5 Å². The number of ether oxygens (including phenoxy) is 1. The van der Waals surface area contributed by atoms with Gasteiger partial charge in [0.25, 0.3) is 0 Å². The predicted octanol–water partition coefficient (Wildman–Crippen LogP) is 3.95. The van der Waals surface area contributed by atoms with Crippen molar-refractivity contribution < 1.29 is 14.3 Å². The van der Waals surface area contributed by atoms with Gasteiger partial charge in [-0.15, -0.1) is 0 Å². The molecule has 1 fully saturated rings. The molecule has 5 nitrogen and oxygen atoms in total. The van der Waals surface area contributed by atoms with Crippen LogP contribution in [-0.2, 0) is 9.59 Å². The molecule has 1 saturated heterocycles. The summed E-state index contributed by atoms with van der Waals surface area (Å²) in [6.45, 7) is 5.70. The summed E-state index contributed by atoms with van der Waals surface area (Å²) in [5, 5.41) is 3.01. The van der Waals surface area contributed by atoms with E-state index >= 15 is 0 Å². The van der Waals surface area contributed by atoms with Crippen molar-refractivity contribution in [2.75, 3.05) is 25.0 Å². The molecule has 0 bridgehead atoms. The molecule has 5 heteroatoms. The van der Waals surface area contributed by atoms with Gasteiger partial charge in [0, 0.05) is 24.7 Å². The number of rotatable bonds is 6. The summed E-state index contributed by atoms with van der Waals surface area (Å²) < 4.78 is 5.60. The van der Waals surface area contributed by atoms with Crippen molar-refractivity contribution in [2.45, 2.75) is 33.1 Å². The number of hydrogen-bond donors (Lipinski definition) is 1. The molecule has 0 spiro atoms. The van der Waals surface area contributed by atoms with Crippen molar-refractivity contribution in [1.29, 1.82) is 0 Å². The molecule has 1 aliphatic rings. The second-order valence-electron chi connectivity index (χ2n) is 7.35. The van der Waals surface area contributed by atoms with Crippen LogP contribution in [0.2, 0.25) is 0 Å². The van der Waals surface area contributed by atoms with E-state index in [2.05, 4.69) is 12.2 Å². The first-order valence-corrected chi connectivity index (χ1v) is 9.86. The number of anilines is 1. The maximum atomic E-state index is 12.5. The number of likely N-dealkylation sites (tertiary alicyclic amines) is 1. The number of carbonyl (C=O) groups excluding carboxylic acids is 2. The lowest BCUT2D eigenvalue weighted by atomic mass is 9.95. The van der Waals surface area contributed by atoms with Crippen LogP contribution < -0.4 is 10.1 Å². The number of carbonyl (C=O) groups is 2. The number of benzene rings is 2. The highest BCUT2D eigenvalue weighted by Gasteiger charge is 2.27. The Bertz CT molecular complexity index is 812. The molecule has 2 aromatic carbocycles. The third-order valence-electron chi connectivity index (χ3n) is 5.32. The number of aryl methyl sites for hydroxylation is 2. The molecule has 28 heavy (non-hydrogen) atoms. The minimum atomic E-state index is -0.0498. The number of piperidine rings is 1. The molecule has 1 heterocycles. The topological polar surface area (TPSA) is 58.6 Å². The summed E-state index contributed by atoms with van der Waals surface area (Å²) in [6, 6.07) is 15.5. The Morgan fingerprint density at radius 2 is 1.75 bits per heavy atom. The maximum absolute atomic E-state index is 12.5. The standard InChI is InChI=1S/C23H28N2O3/c1-17-8-9-20(16-18(17)2)24-23(27)19-10-13-25(14-11-19)22(26)12-15-28-21-6-4-3-5-7-21/h3-9,16,19H,10-15H2,1-2H3,(H,24,27). The SMILES string of the molecule is Cc1ccc(NC(=O)C2CCN(C(=O)CCOc3ccccc3)CC2)cc1C. The fraction of sp³-hybridized carbons (Fsp3) is 0.391. The van der Waals surface area contributed by atoms with Gasteiger partial charge in [-0.25, -0.2) is 0 Å². The van der Waals surface area contributed by atoms with Gasteiger partial charge in [0.2, 0.25) is 11.8 Å². The number of nitrogens with one attached hydrogen (secondary N) is 1. The highest BCUT2D eigenvalue weighted by atomic mass is 16.5. The molecule has 0 radical (unpaired) electrons. The van der Waals surface area contributed by atoms with Gasteiger partial charge < -0.3 is 15.0 Å². The first-order valence-electron chi connectivity index (χ1n) is 9.86. The Morgan fingerprint density at radius 1 is 1.04 bits per heavy atom. The van der Waals surface area contributed by atoms with Crippen molar-refractivity contribution in [3.05, 3.63) is 59.7 Å².